The van der Waals surface area contributed by atoms with Crippen molar-refractivity contribution in [3.8, 4) is 11.1 Å². The Labute approximate surface area is 200 Å². The number of carbonyl (C=O) groups excluding carboxylic acids is 2. The molecule has 7 nitrogen and oxygen atoms in total. The number of carbonyl (C=O) groups is 3. The summed E-state index contributed by atoms with van der Waals surface area (Å²) in [5.41, 5.74) is 4.75. The number of alkyl carbamates (subject to hydrolysis) is 1. The van der Waals surface area contributed by atoms with E-state index in [0.29, 0.717) is 32.2 Å². The fourth-order valence-electron chi connectivity index (χ4n) is 5.20. The lowest BCUT2D eigenvalue weighted by Gasteiger charge is -2.31. The molecule has 0 atom stereocenters. The van der Waals surface area contributed by atoms with Crippen LogP contribution in [0.4, 0.5) is 4.79 Å². The van der Waals surface area contributed by atoms with Crippen molar-refractivity contribution in [1.82, 2.24) is 10.2 Å². The minimum atomic E-state index is -0.901. The molecule has 0 saturated heterocycles. The molecule has 180 valence electrons. The summed E-state index contributed by atoms with van der Waals surface area (Å²) in [6, 6.07) is 16.5. The summed E-state index contributed by atoms with van der Waals surface area (Å²) in [5, 5.41) is 11.9. The Balaban J connectivity index is 1.26. The average molecular weight is 465 g/mol. The molecule has 0 unspecified atom stereocenters. The van der Waals surface area contributed by atoms with E-state index in [2.05, 4.69) is 29.6 Å². The number of hydrogen-bond donors (Lipinski definition) is 2. The van der Waals surface area contributed by atoms with E-state index in [1.807, 2.05) is 31.2 Å². The maximum atomic E-state index is 12.7. The van der Waals surface area contributed by atoms with Gasteiger partial charge in [0, 0.05) is 31.0 Å². The number of benzene rings is 2. The zero-order valence-electron chi connectivity index (χ0n) is 19.5. The molecule has 0 bridgehead atoms. The van der Waals surface area contributed by atoms with E-state index in [4.69, 9.17) is 9.84 Å². The first-order chi connectivity index (χ1) is 16.5. The van der Waals surface area contributed by atoms with Gasteiger partial charge >= 0.3 is 12.1 Å². The van der Waals surface area contributed by atoms with Crippen molar-refractivity contribution in [2.45, 2.75) is 51.0 Å². The van der Waals surface area contributed by atoms with Crippen molar-refractivity contribution in [2.24, 2.45) is 5.92 Å². The molecule has 2 aliphatic carbocycles. The van der Waals surface area contributed by atoms with Gasteiger partial charge in [0.25, 0.3) is 0 Å². The molecule has 34 heavy (non-hydrogen) atoms. The average Bonchev–Trinajstić information content (AvgIpc) is 3.17. The number of carboxylic acids is 1. The largest absolute Gasteiger partial charge is 0.481 e. The summed E-state index contributed by atoms with van der Waals surface area (Å²) in [7, 11) is 0. The Morgan fingerprint density at radius 3 is 2.12 bits per heavy atom. The monoisotopic (exact) mass is 464 g/mol. The molecular formula is C27H32N2O5. The number of nitrogens with zero attached hydrogens (tertiary/aromatic N) is 1. The van der Waals surface area contributed by atoms with Crippen LogP contribution in [0.3, 0.4) is 0 Å². The van der Waals surface area contributed by atoms with E-state index in [1.165, 1.54) is 22.3 Å². The van der Waals surface area contributed by atoms with Crippen molar-refractivity contribution in [3.05, 3.63) is 59.7 Å². The number of fused-ring (bicyclic) bond motifs is 3. The van der Waals surface area contributed by atoms with Gasteiger partial charge in [0.1, 0.15) is 6.61 Å². The SMILES string of the molecule is CCN(CCC(=O)O)C(=O)C1CCC(NC(=O)OCC2c3ccccc3-c3ccccc32)CC1. The molecule has 2 aliphatic rings. The van der Waals surface area contributed by atoms with Crippen LogP contribution in [-0.2, 0) is 14.3 Å². The number of rotatable bonds is 8. The zero-order valence-corrected chi connectivity index (χ0v) is 19.5. The molecule has 2 aromatic carbocycles. The lowest BCUT2D eigenvalue weighted by molar-refractivity contribution is -0.140. The molecule has 0 radical (unpaired) electrons. The van der Waals surface area contributed by atoms with Crippen LogP contribution in [0.5, 0.6) is 0 Å². The van der Waals surface area contributed by atoms with Crippen LogP contribution >= 0.6 is 0 Å². The van der Waals surface area contributed by atoms with Gasteiger partial charge in [-0.25, -0.2) is 4.79 Å². The number of carboxylic acid groups (broad SMARTS) is 1. The van der Waals surface area contributed by atoms with Crippen molar-refractivity contribution >= 4 is 18.0 Å². The summed E-state index contributed by atoms with van der Waals surface area (Å²) >= 11 is 0. The minimum Gasteiger partial charge on any atom is -0.481 e. The van der Waals surface area contributed by atoms with Crippen LogP contribution in [0, 0.1) is 5.92 Å². The third-order valence-corrected chi connectivity index (χ3v) is 7.03. The van der Waals surface area contributed by atoms with Gasteiger partial charge in [-0.1, -0.05) is 48.5 Å². The number of hydrogen-bond acceptors (Lipinski definition) is 4. The second kappa shape index (κ2) is 10.7. The lowest BCUT2D eigenvalue weighted by atomic mass is 9.85. The van der Waals surface area contributed by atoms with E-state index in [9.17, 15) is 14.4 Å². The van der Waals surface area contributed by atoms with Crippen molar-refractivity contribution in [1.29, 1.82) is 0 Å². The maximum absolute atomic E-state index is 12.7. The smallest absolute Gasteiger partial charge is 0.407 e. The molecule has 0 spiro atoms. The Hall–Kier alpha value is -3.35. The molecule has 2 N–H and O–H groups in total. The fraction of sp³-hybridized carbons (Fsp3) is 0.444. The molecule has 0 aliphatic heterocycles. The van der Waals surface area contributed by atoms with Gasteiger partial charge in [-0.15, -0.1) is 0 Å². The quantitative estimate of drug-likeness (QED) is 0.603. The van der Waals surface area contributed by atoms with Gasteiger partial charge in [0.2, 0.25) is 5.91 Å². The summed E-state index contributed by atoms with van der Waals surface area (Å²) in [5.74, 6) is -0.975. The highest BCUT2D eigenvalue weighted by atomic mass is 16.5. The van der Waals surface area contributed by atoms with E-state index in [-0.39, 0.29) is 43.4 Å². The van der Waals surface area contributed by atoms with E-state index < -0.39 is 12.1 Å². The first kappa shape index (κ1) is 23.8. The van der Waals surface area contributed by atoms with E-state index >= 15 is 0 Å². The predicted molar refractivity (Wildman–Crippen MR) is 128 cm³/mol. The number of nitrogens with one attached hydrogen (secondary N) is 1. The standard InChI is InChI=1S/C27H32N2O5/c1-2-29(16-15-25(30)31)26(32)18-11-13-19(14-12-18)28-27(33)34-17-24-22-9-5-3-7-20(22)21-8-4-6-10-23(21)24/h3-10,18-19,24H,2,11-17H2,1H3,(H,28,33)(H,30,31). The normalized spacial score (nSPS) is 19.1. The van der Waals surface area contributed by atoms with Crippen LogP contribution in [0.15, 0.2) is 48.5 Å². The van der Waals surface area contributed by atoms with Crippen molar-refractivity contribution < 1.29 is 24.2 Å². The van der Waals surface area contributed by atoms with E-state index in [1.54, 1.807) is 4.90 Å². The number of amides is 2. The second-order valence-corrected chi connectivity index (χ2v) is 9.08. The van der Waals surface area contributed by atoms with Gasteiger partial charge in [0.15, 0.2) is 0 Å². The van der Waals surface area contributed by atoms with Crippen molar-refractivity contribution in [3.63, 3.8) is 0 Å². The molecular weight excluding hydrogens is 432 g/mol. The van der Waals surface area contributed by atoms with Crippen LogP contribution < -0.4 is 5.32 Å². The van der Waals surface area contributed by atoms with Gasteiger partial charge in [0.05, 0.1) is 6.42 Å². The highest BCUT2D eigenvalue weighted by molar-refractivity contribution is 5.80. The summed E-state index contributed by atoms with van der Waals surface area (Å²) in [6.07, 6.45) is 2.30. The molecule has 0 aromatic heterocycles. The number of aliphatic carboxylic acids is 1. The highest BCUT2D eigenvalue weighted by Gasteiger charge is 2.31. The van der Waals surface area contributed by atoms with Crippen LogP contribution in [0.1, 0.15) is 56.1 Å². The summed E-state index contributed by atoms with van der Waals surface area (Å²) < 4.78 is 5.65. The van der Waals surface area contributed by atoms with Crippen LogP contribution in [0.25, 0.3) is 11.1 Å². The minimum absolute atomic E-state index is 0.0170. The Morgan fingerprint density at radius 1 is 0.971 bits per heavy atom. The second-order valence-electron chi connectivity index (χ2n) is 9.08. The highest BCUT2D eigenvalue weighted by Crippen LogP contribution is 2.44. The number of ether oxygens (including phenoxy) is 1. The first-order valence-electron chi connectivity index (χ1n) is 12.1. The molecule has 2 aromatic rings. The molecule has 7 heteroatoms. The van der Waals surface area contributed by atoms with Crippen LogP contribution in [-0.4, -0.2) is 53.7 Å². The molecule has 1 saturated carbocycles. The molecule has 1 fully saturated rings. The zero-order chi connectivity index (χ0) is 24.1. The topological polar surface area (TPSA) is 95.9 Å². The Morgan fingerprint density at radius 2 is 1.56 bits per heavy atom. The van der Waals surface area contributed by atoms with Gasteiger partial charge in [-0.2, -0.15) is 0 Å². The maximum Gasteiger partial charge on any atom is 0.407 e. The third-order valence-electron chi connectivity index (χ3n) is 7.03. The summed E-state index contributed by atoms with van der Waals surface area (Å²) in [4.78, 5) is 37.7. The van der Waals surface area contributed by atoms with E-state index in [0.717, 1.165) is 0 Å². The van der Waals surface area contributed by atoms with Gasteiger partial charge in [-0.05, 0) is 54.9 Å². The fourth-order valence-corrected chi connectivity index (χ4v) is 5.20. The van der Waals surface area contributed by atoms with Crippen LogP contribution in [0.2, 0.25) is 0 Å². The predicted octanol–water partition coefficient (Wildman–Crippen LogP) is 4.41. The lowest BCUT2D eigenvalue weighted by Crippen LogP contribution is -2.43. The molecule has 4 rings (SSSR count). The Kier molecular flexibility index (Phi) is 7.50. The third kappa shape index (κ3) is 5.24. The first-order valence-corrected chi connectivity index (χ1v) is 12.1. The van der Waals surface area contributed by atoms with Crippen molar-refractivity contribution in [2.75, 3.05) is 19.7 Å². The summed E-state index contributed by atoms with van der Waals surface area (Å²) in [6.45, 7) is 2.89. The molecule has 2 amide bonds. The van der Waals surface area contributed by atoms with Gasteiger partial charge < -0.3 is 20.1 Å². The van der Waals surface area contributed by atoms with Gasteiger partial charge in [-0.3, -0.25) is 9.59 Å². The molecule has 0 heterocycles. The Bertz CT molecular complexity index is 999.